The van der Waals surface area contributed by atoms with Crippen LogP contribution in [0.15, 0.2) is 18.2 Å². The summed E-state index contributed by atoms with van der Waals surface area (Å²) >= 11 is 5.28. The minimum absolute atomic E-state index is 0.0654. The van der Waals surface area contributed by atoms with Crippen molar-refractivity contribution in [2.75, 3.05) is 5.88 Å². The molecule has 3 heteroatoms. The highest BCUT2D eigenvalue weighted by Crippen LogP contribution is 2.10. The first-order valence-electron chi connectivity index (χ1n) is 3.50. The van der Waals surface area contributed by atoms with Crippen LogP contribution >= 0.6 is 11.6 Å². The van der Waals surface area contributed by atoms with E-state index in [1.54, 1.807) is 13.0 Å². The van der Waals surface area contributed by atoms with E-state index in [4.69, 9.17) is 11.6 Å². The monoisotopic (exact) mass is 186 g/mol. The molecule has 64 valence electrons. The molecule has 0 fully saturated rings. The van der Waals surface area contributed by atoms with Gasteiger partial charge in [0.1, 0.15) is 5.82 Å². The van der Waals surface area contributed by atoms with Gasteiger partial charge in [-0.15, -0.1) is 11.6 Å². The van der Waals surface area contributed by atoms with Crippen LogP contribution in [0, 0.1) is 12.7 Å². The largest absolute Gasteiger partial charge is 0.293 e. The molecule has 0 aromatic heterocycles. The Balaban J connectivity index is 3.09. The van der Waals surface area contributed by atoms with Gasteiger partial charge in [-0.25, -0.2) is 4.39 Å². The average Bonchev–Trinajstić information content (AvgIpc) is 2.03. The zero-order valence-corrected chi connectivity index (χ0v) is 7.36. The lowest BCUT2D eigenvalue weighted by Gasteiger charge is -1.99. The van der Waals surface area contributed by atoms with Gasteiger partial charge in [0.05, 0.1) is 11.4 Å². The Morgan fingerprint density at radius 1 is 1.58 bits per heavy atom. The van der Waals surface area contributed by atoms with Crippen LogP contribution in [0.25, 0.3) is 0 Å². The molecule has 12 heavy (non-hydrogen) atoms. The average molecular weight is 187 g/mol. The number of benzene rings is 1. The number of alkyl halides is 1. The number of hydrogen-bond donors (Lipinski definition) is 0. The maximum absolute atomic E-state index is 13.0. The third-order valence-corrected chi connectivity index (χ3v) is 1.79. The summed E-state index contributed by atoms with van der Waals surface area (Å²) in [6, 6.07) is 4.46. The van der Waals surface area contributed by atoms with Crippen LogP contribution in [-0.2, 0) is 0 Å². The molecular formula is C9H8ClFO. The van der Waals surface area contributed by atoms with Gasteiger partial charge in [-0.3, -0.25) is 4.79 Å². The number of ketones is 1. The molecule has 0 radical (unpaired) electrons. The van der Waals surface area contributed by atoms with Crippen molar-refractivity contribution in [1.29, 1.82) is 0 Å². The van der Waals surface area contributed by atoms with Gasteiger partial charge >= 0.3 is 0 Å². The Bertz CT molecular complexity index is 309. The van der Waals surface area contributed by atoms with Crippen LogP contribution < -0.4 is 0 Å². The maximum atomic E-state index is 13.0. The smallest absolute Gasteiger partial charge is 0.180 e. The van der Waals surface area contributed by atoms with Crippen molar-refractivity contribution in [2.45, 2.75) is 6.92 Å². The first-order chi connectivity index (χ1) is 5.65. The molecule has 0 atom stereocenters. The first kappa shape index (κ1) is 9.20. The zero-order valence-electron chi connectivity index (χ0n) is 6.60. The minimum Gasteiger partial charge on any atom is -0.293 e. The quantitative estimate of drug-likeness (QED) is 0.513. The Kier molecular flexibility index (Phi) is 2.82. The lowest BCUT2D eigenvalue weighted by atomic mass is 10.1. The van der Waals surface area contributed by atoms with E-state index in [1.165, 1.54) is 12.1 Å². The van der Waals surface area contributed by atoms with Crippen LogP contribution in [0.3, 0.4) is 0 Å². The number of aryl methyl sites for hydroxylation is 1. The predicted octanol–water partition coefficient (Wildman–Crippen LogP) is 2.56. The van der Waals surface area contributed by atoms with Gasteiger partial charge in [-0.2, -0.15) is 0 Å². The first-order valence-corrected chi connectivity index (χ1v) is 4.04. The second-order valence-corrected chi connectivity index (χ2v) is 2.81. The molecule has 0 bridgehead atoms. The van der Waals surface area contributed by atoms with Crippen molar-refractivity contribution in [1.82, 2.24) is 0 Å². The zero-order chi connectivity index (χ0) is 9.14. The number of halogens is 2. The number of carbonyl (C=O) groups excluding carboxylic acids is 1. The molecule has 0 amide bonds. The van der Waals surface area contributed by atoms with Crippen LogP contribution in [0.2, 0.25) is 0 Å². The van der Waals surface area contributed by atoms with E-state index in [2.05, 4.69) is 0 Å². The molecule has 1 aromatic carbocycles. The molecule has 0 spiro atoms. The van der Waals surface area contributed by atoms with Gasteiger partial charge in [0.25, 0.3) is 0 Å². The Morgan fingerprint density at radius 2 is 2.25 bits per heavy atom. The van der Waals surface area contributed by atoms with E-state index in [-0.39, 0.29) is 17.2 Å². The van der Waals surface area contributed by atoms with Crippen molar-refractivity contribution in [3.8, 4) is 0 Å². The molecule has 1 nitrogen and oxygen atoms in total. The molecule has 0 saturated heterocycles. The van der Waals surface area contributed by atoms with Crippen molar-refractivity contribution < 1.29 is 9.18 Å². The van der Waals surface area contributed by atoms with Gasteiger partial charge in [-0.05, 0) is 24.6 Å². The fourth-order valence-corrected chi connectivity index (χ4v) is 1.06. The van der Waals surface area contributed by atoms with Crippen LogP contribution in [0.5, 0.6) is 0 Å². The lowest BCUT2D eigenvalue weighted by molar-refractivity contribution is 0.101. The van der Waals surface area contributed by atoms with Gasteiger partial charge in [-0.1, -0.05) is 6.07 Å². The van der Waals surface area contributed by atoms with E-state index in [1.807, 2.05) is 0 Å². The number of carbonyl (C=O) groups is 1. The molecule has 1 aromatic rings. The molecule has 1 rings (SSSR count). The molecule has 0 heterocycles. The summed E-state index contributed by atoms with van der Waals surface area (Å²) in [7, 11) is 0. The fraction of sp³-hybridized carbons (Fsp3) is 0.222. The van der Waals surface area contributed by atoms with Gasteiger partial charge in [0.2, 0.25) is 0 Å². The lowest BCUT2D eigenvalue weighted by Crippen LogP contribution is -2.03. The van der Waals surface area contributed by atoms with E-state index in [9.17, 15) is 9.18 Å². The van der Waals surface area contributed by atoms with E-state index in [0.29, 0.717) is 0 Å². The summed E-state index contributed by atoms with van der Waals surface area (Å²) in [4.78, 5) is 11.0. The summed E-state index contributed by atoms with van der Waals surface area (Å²) in [5.41, 5.74) is 0.856. The number of hydrogen-bond acceptors (Lipinski definition) is 1. The second-order valence-electron chi connectivity index (χ2n) is 2.54. The summed E-state index contributed by atoms with van der Waals surface area (Å²) in [6.45, 7) is 1.76. The summed E-state index contributed by atoms with van der Waals surface area (Å²) in [6.07, 6.45) is 0. The minimum atomic E-state index is -0.499. The van der Waals surface area contributed by atoms with Crippen LogP contribution in [0.1, 0.15) is 15.9 Å². The van der Waals surface area contributed by atoms with Crippen molar-refractivity contribution in [3.63, 3.8) is 0 Å². The predicted molar refractivity (Wildman–Crippen MR) is 46.2 cm³/mol. The Morgan fingerprint density at radius 3 is 2.75 bits per heavy atom. The third-order valence-electron chi connectivity index (χ3n) is 1.55. The highest BCUT2D eigenvalue weighted by atomic mass is 35.5. The van der Waals surface area contributed by atoms with Crippen molar-refractivity contribution in [3.05, 3.63) is 35.1 Å². The van der Waals surface area contributed by atoms with E-state index >= 15 is 0 Å². The van der Waals surface area contributed by atoms with Crippen LogP contribution in [0.4, 0.5) is 4.39 Å². The van der Waals surface area contributed by atoms with Gasteiger partial charge in [0, 0.05) is 0 Å². The number of rotatable bonds is 2. The van der Waals surface area contributed by atoms with Crippen LogP contribution in [-0.4, -0.2) is 11.7 Å². The molecule has 0 aliphatic rings. The normalized spacial score (nSPS) is 9.92. The molecule has 0 saturated carbocycles. The SMILES string of the molecule is Cc1ccc(C(=O)CCl)c(F)c1. The number of Topliss-reactive ketones (excluding diaryl/α,β-unsaturated/α-hetero) is 1. The second kappa shape index (κ2) is 3.68. The Labute approximate surface area is 75.2 Å². The molecule has 0 unspecified atom stereocenters. The highest BCUT2D eigenvalue weighted by molar-refractivity contribution is 6.30. The molecule has 0 aliphatic carbocycles. The van der Waals surface area contributed by atoms with E-state index in [0.717, 1.165) is 5.56 Å². The van der Waals surface area contributed by atoms with Gasteiger partial charge < -0.3 is 0 Å². The molecular weight excluding hydrogens is 179 g/mol. The summed E-state index contributed by atoms with van der Waals surface area (Å²) in [5, 5.41) is 0. The van der Waals surface area contributed by atoms with Gasteiger partial charge in [0.15, 0.2) is 5.78 Å². The van der Waals surface area contributed by atoms with Crippen molar-refractivity contribution >= 4 is 17.4 Å². The topological polar surface area (TPSA) is 17.1 Å². The third kappa shape index (κ3) is 1.83. The van der Waals surface area contributed by atoms with E-state index < -0.39 is 5.82 Å². The summed E-state index contributed by atoms with van der Waals surface area (Å²) < 4.78 is 13.0. The Hall–Kier alpha value is -0.890. The maximum Gasteiger partial charge on any atom is 0.180 e. The summed E-state index contributed by atoms with van der Waals surface area (Å²) in [5.74, 6) is -1.06. The molecule has 0 N–H and O–H groups in total. The van der Waals surface area contributed by atoms with Crippen molar-refractivity contribution in [2.24, 2.45) is 0 Å². The fourth-order valence-electron chi connectivity index (χ4n) is 0.918. The molecule has 0 aliphatic heterocycles. The highest BCUT2D eigenvalue weighted by Gasteiger charge is 2.09. The standard InChI is InChI=1S/C9H8ClFO/c1-6-2-3-7(8(11)4-6)9(12)5-10/h2-4H,5H2,1H3.